The van der Waals surface area contributed by atoms with Gasteiger partial charge in [-0.15, -0.1) is 0 Å². The van der Waals surface area contributed by atoms with Gasteiger partial charge < -0.3 is 14.5 Å². The van der Waals surface area contributed by atoms with Crippen LogP contribution >= 0.6 is 0 Å². The molecule has 7 aromatic carbocycles. The number of aromatic nitrogens is 2. The fraction of sp³-hybridized carbons (Fsp3) is 0.356. The molecule has 3 heterocycles. The first kappa shape index (κ1) is 54.3. The van der Waals surface area contributed by atoms with Crippen LogP contribution in [0.2, 0.25) is 0 Å². The average molecular weight is 1030 g/mol. The van der Waals surface area contributed by atoms with E-state index in [1.165, 1.54) is 72.5 Å². The Bertz CT molecular complexity index is 3650. The normalized spacial score (nSPS) is 13.6. The van der Waals surface area contributed by atoms with E-state index in [0.717, 1.165) is 45.0 Å². The lowest BCUT2D eigenvalue weighted by Crippen LogP contribution is -2.25. The average Bonchev–Trinajstić information content (AvgIpc) is 4.16. The summed E-state index contributed by atoms with van der Waals surface area (Å²) < 4.78 is 9.70. The predicted molar refractivity (Wildman–Crippen MR) is 334 cm³/mol. The fourth-order valence-electron chi connectivity index (χ4n) is 11.5. The monoisotopic (exact) mass is 1030 g/mol. The molecule has 0 spiro atoms. The van der Waals surface area contributed by atoms with E-state index in [4.69, 9.17) is 9.72 Å². The highest BCUT2D eigenvalue weighted by atomic mass is 16.5. The minimum absolute atomic E-state index is 0.0284. The number of pyridine rings is 1. The van der Waals surface area contributed by atoms with Crippen molar-refractivity contribution in [3.63, 3.8) is 0 Å². The van der Waals surface area contributed by atoms with E-state index in [1.54, 1.807) is 0 Å². The van der Waals surface area contributed by atoms with Crippen molar-refractivity contribution in [3.05, 3.63) is 202 Å². The van der Waals surface area contributed by atoms with E-state index in [2.05, 4.69) is 291 Å². The third-order valence-electron chi connectivity index (χ3n) is 16.6. The molecule has 0 unspecified atom stereocenters. The molecule has 10 rings (SSSR count). The van der Waals surface area contributed by atoms with Gasteiger partial charge in [-0.3, -0.25) is 4.57 Å². The molecule has 0 amide bonds. The van der Waals surface area contributed by atoms with Crippen LogP contribution in [0.4, 0.5) is 22.7 Å². The number of hydrogen-bond acceptors (Lipinski definition) is 4. The lowest BCUT2D eigenvalue weighted by molar-refractivity contribution is 0.483. The molecule has 0 radical (unpaired) electrons. The molecule has 0 atom stereocenters. The van der Waals surface area contributed by atoms with Gasteiger partial charge in [-0.25, -0.2) is 4.98 Å². The molecule has 0 saturated heterocycles. The Morgan fingerprint density at radius 2 is 1.01 bits per heavy atom. The Morgan fingerprint density at radius 3 is 1.63 bits per heavy atom. The summed E-state index contributed by atoms with van der Waals surface area (Å²) in [5, 5.41) is 2.34. The fourth-order valence-corrected chi connectivity index (χ4v) is 11.5. The van der Waals surface area contributed by atoms with Crippen molar-refractivity contribution in [2.24, 2.45) is 0 Å². The number of ether oxygens (including phenoxy) is 1. The van der Waals surface area contributed by atoms with Gasteiger partial charge in [0.15, 0.2) is 0 Å². The Labute approximate surface area is 467 Å². The number of nitrogens with zero attached hydrogens (tertiary/aromatic N) is 4. The van der Waals surface area contributed by atoms with Crippen molar-refractivity contribution in [1.82, 2.24) is 9.55 Å². The molecule has 1 aliphatic rings. The van der Waals surface area contributed by atoms with Crippen molar-refractivity contribution in [3.8, 4) is 28.4 Å². The SMILES string of the molecule is CC(C)c1cccc(C(C)C)c1-c1cc(Oc2ccc3c4cc(C(C)(C)c5ccccc5)ccc4n(-c4cc(C(C)(C)C)ccn4)c3c2)cc(N2CN(c3cc(C(C)(C)C)cc(C(C)(C)C)c3)c3ccc(C(C)(C)C)cc32)c1. The summed E-state index contributed by atoms with van der Waals surface area (Å²) >= 11 is 0. The Hall–Kier alpha value is -7.11. The standard InChI is InChI=1S/C73H84N4O/c1-46(2)59-25-22-26-60(47(3)4)68(59)48-35-55(76-45-75(64-32-27-50(41-66(64)76)69(5,6)7)56-38-53(71(11,12)13)37-54(39-56)72(14,15)16)43-58(36-48)78-57-29-30-61-62-40-52(73(17,18)49-23-20-19-21-24-49)28-31-63(62)77(65(61)44-57)67-42-51(33-34-74-67)70(8,9)10/h19-44,46-47H,45H2,1-18H3. The maximum absolute atomic E-state index is 7.36. The molecule has 9 aromatic rings. The lowest BCUT2D eigenvalue weighted by Gasteiger charge is -2.29. The second kappa shape index (κ2) is 19.7. The van der Waals surface area contributed by atoms with E-state index in [9.17, 15) is 0 Å². The zero-order valence-electron chi connectivity index (χ0n) is 50.1. The molecule has 0 bridgehead atoms. The van der Waals surface area contributed by atoms with Gasteiger partial charge in [-0.2, -0.15) is 0 Å². The van der Waals surface area contributed by atoms with Crippen LogP contribution < -0.4 is 14.5 Å². The third kappa shape index (κ3) is 10.3. The van der Waals surface area contributed by atoms with Crippen LogP contribution in [0.5, 0.6) is 11.5 Å². The third-order valence-corrected chi connectivity index (χ3v) is 16.6. The molecule has 0 aliphatic carbocycles. The van der Waals surface area contributed by atoms with Crippen LogP contribution in [0, 0.1) is 0 Å². The predicted octanol–water partition coefficient (Wildman–Crippen LogP) is 20.6. The first-order valence-electron chi connectivity index (χ1n) is 28.5. The topological polar surface area (TPSA) is 33.5 Å². The smallest absolute Gasteiger partial charge is 0.137 e. The van der Waals surface area contributed by atoms with Crippen molar-refractivity contribution in [2.45, 2.75) is 164 Å². The molecule has 78 heavy (non-hydrogen) atoms. The van der Waals surface area contributed by atoms with Crippen molar-refractivity contribution >= 4 is 44.6 Å². The van der Waals surface area contributed by atoms with E-state index < -0.39 is 0 Å². The molecular weight excluding hydrogens is 949 g/mol. The summed E-state index contributed by atoms with van der Waals surface area (Å²) in [4.78, 5) is 10.1. The second-order valence-electron chi connectivity index (χ2n) is 27.5. The number of anilines is 4. The largest absolute Gasteiger partial charge is 0.457 e. The van der Waals surface area contributed by atoms with Gasteiger partial charge in [0.25, 0.3) is 0 Å². The molecule has 0 saturated carbocycles. The Kier molecular flexibility index (Phi) is 13.7. The molecule has 0 fully saturated rings. The number of hydrogen-bond donors (Lipinski definition) is 0. The first-order chi connectivity index (χ1) is 36.6. The van der Waals surface area contributed by atoms with Gasteiger partial charge in [-0.05, 0) is 162 Å². The Balaban J connectivity index is 1.18. The van der Waals surface area contributed by atoms with Gasteiger partial charge in [0.05, 0.1) is 22.4 Å². The first-order valence-corrected chi connectivity index (χ1v) is 28.5. The van der Waals surface area contributed by atoms with Crippen LogP contribution in [0.1, 0.15) is 181 Å². The molecular formula is C73H84N4O. The van der Waals surface area contributed by atoms with E-state index in [-0.39, 0.29) is 27.1 Å². The molecule has 1 aliphatic heterocycles. The van der Waals surface area contributed by atoms with E-state index >= 15 is 0 Å². The van der Waals surface area contributed by atoms with Gasteiger partial charge in [0.2, 0.25) is 0 Å². The zero-order valence-corrected chi connectivity index (χ0v) is 50.1. The minimum atomic E-state index is -0.212. The molecule has 5 nitrogen and oxygen atoms in total. The quantitative estimate of drug-likeness (QED) is 0.137. The number of rotatable bonds is 10. The van der Waals surface area contributed by atoms with Gasteiger partial charge >= 0.3 is 0 Å². The summed E-state index contributed by atoms with van der Waals surface area (Å²) in [6.07, 6.45) is 1.96. The molecule has 5 heteroatoms. The van der Waals surface area contributed by atoms with Crippen LogP contribution in [-0.4, -0.2) is 16.2 Å². The number of fused-ring (bicyclic) bond motifs is 4. The van der Waals surface area contributed by atoms with Gasteiger partial charge in [0.1, 0.15) is 24.0 Å². The van der Waals surface area contributed by atoms with Crippen molar-refractivity contribution in [2.75, 3.05) is 16.5 Å². The van der Waals surface area contributed by atoms with Crippen LogP contribution in [-0.2, 0) is 27.1 Å². The molecule has 0 N–H and O–H groups in total. The maximum atomic E-state index is 7.36. The summed E-state index contributed by atoms with van der Waals surface area (Å²) in [6.45, 7) is 42.3. The van der Waals surface area contributed by atoms with Gasteiger partial charge in [0, 0.05) is 45.9 Å². The highest BCUT2D eigenvalue weighted by molar-refractivity contribution is 6.10. The van der Waals surface area contributed by atoms with Crippen molar-refractivity contribution < 1.29 is 4.74 Å². The van der Waals surface area contributed by atoms with E-state index in [1.807, 2.05) is 6.20 Å². The summed E-state index contributed by atoms with van der Waals surface area (Å²) in [5.41, 5.74) is 19.3. The van der Waals surface area contributed by atoms with Crippen LogP contribution in [0.15, 0.2) is 158 Å². The van der Waals surface area contributed by atoms with Crippen molar-refractivity contribution in [1.29, 1.82) is 0 Å². The Morgan fingerprint density at radius 1 is 0.423 bits per heavy atom. The van der Waals surface area contributed by atoms with Gasteiger partial charge in [-0.1, -0.05) is 191 Å². The van der Waals surface area contributed by atoms with Crippen LogP contribution in [0.25, 0.3) is 38.8 Å². The highest BCUT2D eigenvalue weighted by Crippen LogP contribution is 2.50. The summed E-state index contributed by atoms with van der Waals surface area (Å²) in [5.74, 6) is 3.06. The number of benzene rings is 7. The molecule has 402 valence electrons. The molecule has 2 aromatic heterocycles. The van der Waals surface area contributed by atoms with E-state index in [0.29, 0.717) is 18.5 Å². The van der Waals surface area contributed by atoms with Crippen LogP contribution in [0.3, 0.4) is 0 Å². The maximum Gasteiger partial charge on any atom is 0.137 e. The summed E-state index contributed by atoms with van der Waals surface area (Å²) in [6, 6.07) is 57.1. The second-order valence-corrected chi connectivity index (χ2v) is 27.5. The highest BCUT2D eigenvalue weighted by Gasteiger charge is 2.33. The summed E-state index contributed by atoms with van der Waals surface area (Å²) in [7, 11) is 0. The lowest BCUT2D eigenvalue weighted by atomic mass is 9.78. The minimum Gasteiger partial charge on any atom is -0.457 e. The zero-order chi connectivity index (χ0) is 56.0.